The standard InChI is InChI=1S/C21H22N4O4S/c1-11-9-15(10-18(19(26)27)30-21-22-14(4)23-24-21)13(3)25(11)17-8-6-7-16(12(17)2)20(28)29-5/h6-10H,1-5H3,(H,26,27)(H,22,23,24)/b18-10+. The van der Waals surface area contributed by atoms with Crippen LogP contribution in [0.25, 0.3) is 11.8 Å². The summed E-state index contributed by atoms with van der Waals surface area (Å²) in [7, 11) is 1.35. The van der Waals surface area contributed by atoms with E-state index >= 15 is 0 Å². The summed E-state index contributed by atoms with van der Waals surface area (Å²) in [6.45, 7) is 7.45. The molecule has 30 heavy (non-hydrogen) atoms. The van der Waals surface area contributed by atoms with E-state index in [-0.39, 0.29) is 4.91 Å². The third-order valence-corrected chi connectivity index (χ3v) is 5.57. The monoisotopic (exact) mass is 426 g/mol. The largest absolute Gasteiger partial charge is 0.477 e. The Balaban J connectivity index is 2.06. The van der Waals surface area contributed by atoms with E-state index in [0.717, 1.165) is 40.0 Å². The molecular formula is C21H22N4O4S. The highest BCUT2D eigenvalue weighted by Gasteiger charge is 2.18. The van der Waals surface area contributed by atoms with Gasteiger partial charge in [-0.3, -0.25) is 5.10 Å². The molecule has 0 atom stereocenters. The summed E-state index contributed by atoms with van der Waals surface area (Å²) < 4.78 is 6.87. The van der Waals surface area contributed by atoms with Crippen molar-refractivity contribution in [2.24, 2.45) is 0 Å². The molecular weight excluding hydrogens is 404 g/mol. The van der Waals surface area contributed by atoms with Gasteiger partial charge >= 0.3 is 11.9 Å². The number of hydrogen-bond acceptors (Lipinski definition) is 6. The van der Waals surface area contributed by atoms with E-state index in [1.165, 1.54) is 7.11 Å². The Labute approximate surface area is 178 Å². The molecule has 2 N–H and O–H groups in total. The first-order chi connectivity index (χ1) is 14.2. The van der Waals surface area contributed by atoms with Gasteiger partial charge in [0.1, 0.15) is 10.7 Å². The third-order valence-electron chi connectivity index (χ3n) is 4.70. The molecule has 0 saturated carbocycles. The molecule has 0 aliphatic carbocycles. The number of thioether (sulfide) groups is 1. The van der Waals surface area contributed by atoms with Gasteiger partial charge in [-0.15, -0.1) is 5.10 Å². The molecule has 0 amide bonds. The number of benzene rings is 1. The number of hydrogen-bond donors (Lipinski definition) is 2. The molecule has 0 saturated heterocycles. The van der Waals surface area contributed by atoms with E-state index < -0.39 is 11.9 Å². The maximum absolute atomic E-state index is 12.1. The zero-order valence-corrected chi connectivity index (χ0v) is 18.1. The van der Waals surface area contributed by atoms with E-state index in [9.17, 15) is 14.7 Å². The van der Waals surface area contributed by atoms with Gasteiger partial charge in [0.2, 0.25) is 5.16 Å². The van der Waals surface area contributed by atoms with Crippen molar-refractivity contribution in [1.82, 2.24) is 19.7 Å². The van der Waals surface area contributed by atoms with Crippen LogP contribution in [0, 0.1) is 27.7 Å². The van der Waals surface area contributed by atoms with Crippen LogP contribution in [0.5, 0.6) is 0 Å². The lowest BCUT2D eigenvalue weighted by Gasteiger charge is -2.15. The molecule has 0 bridgehead atoms. The number of rotatable bonds is 6. The molecule has 0 fully saturated rings. The molecule has 8 nitrogen and oxygen atoms in total. The zero-order valence-electron chi connectivity index (χ0n) is 17.3. The van der Waals surface area contributed by atoms with Crippen LogP contribution in [-0.2, 0) is 9.53 Å². The van der Waals surface area contributed by atoms with E-state index in [4.69, 9.17) is 4.74 Å². The fraction of sp³-hybridized carbons (Fsp3) is 0.238. The lowest BCUT2D eigenvalue weighted by Crippen LogP contribution is -2.08. The lowest BCUT2D eigenvalue weighted by atomic mass is 10.1. The van der Waals surface area contributed by atoms with E-state index in [1.807, 2.05) is 37.5 Å². The number of esters is 1. The second-order valence-electron chi connectivity index (χ2n) is 6.72. The maximum atomic E-state index is 12.1. The Morgan fingerprint density at radius 1 is 1.23 bits per heavy atom. The molecule has 3 aromatic rings. The highest BCUT2D eigenvalue weighted by molar-refractivity contribution is 8.04. The van der Waals surface area contributed by atoms with E-state index in [2.05, 4.69) is 15.2 Å². The molecule has 9 heteroatoms. The molecule has 1 aromatic carbocycles. The molecule has 0 unspecified atom stereocenters. The van der Waals surface area contributed by atoms with Crippen molar-refractivity contribution in [3.63, 3.8) is 0 Å². The number of carbonyl (C=O) groups is 2. The number of methoxy groups -OCH3 is 1. The van der Waals surface area contributed by atoms with Gasteiger partial charge < -0.3 is 14.4 Å². The molecule has 0 aliphatic heterocycles. The first-order valence-corrected chi connectivity index (χ1v) is 9.93. The van der Waals surface area contributed by atoms with Gasteiger partial charge in [-0.05, 0) is 74.9 Å². The molecule has 0 spiro atoms. The van der Waals surface area contributed by atoms with E-state index in [1.54, 1.807) is 25.1 Å². The van der Waals surface area contributed by atoms with Crippen molar-refractivity contribution in [2.75, 3.05) is 7.11 Å². The van der Waals surface area contributed by atoms with Crippen LogP contribution >= 0.6 is 11.8 Å². The van der Waals surface area contributed by atoms with E-state index in [0.29, 0.717) is 16.5 Å². The van der Waals surface area contributed by atoms with Crippen LogP contribution in [0.1, 0.15) is 38.7 Å². The van der Waals surface area contributed by atoms with Crippen LogP contribution in [0.4, 0.5) is 0 Å². The summed E-state index contributed by atoms with van der Waals surface area (Å²) in [4.78, 5) is 28.1. The topological polar surface area (TPSA) is 110 Å². The lowest BCUT2D eigenvalue weighted by molar-refractivity contribution is -0.131. The molecule has 3 rings (SSSR count). The number of nitrogens with one attached hydrogen (secondary N) is 1. The third kappa shape index (κ3) is 4.16. The number of carboxylic acid groups (broad SMARTS) is 1. The quantitative estimate of drug-likeness (QED) is 0.350. The summed E-state index contributed by atoms with van der Waals surface area (Å²) in [6.07, 6.45) is 1.61. The van der Waals surface area contributed by atoms with Crippen LogP contribution in [0.2, 0.25) is 0 Å². The first kappa shape index (κ1) is 21.4. The first-order valence-electron chi connectivity index (χ1n) is 9.12. The number of H-pyrrole nitrogens is 1. The van der Waals surface area contributed by atoms with Gasteiger partial charge in [-0.2, -0.15) is 0 Å². The summed E-state index contributed by atoms with van der Waals surface area (Å²) in [5, 5.41) is 16.7. The molecule has 0 aliphatic rings. The smallest absolute Gasteiger partial charge is 0.342 e. The van der Waals surface area contributed by atoms with Crippen LogP contribution < -0.4 is 0 Å². The Hall–Kier alpha value is -3.33. The highest BCUT2D eigenvalue weighted by Crippen LogP contribution is 2.30. The average molecular weight is 426 g/mol. The fourth-order valence-electron chi connectivity index (χ4n) is 3.24. The summed E-state index contributed by atoms with van der Waals surface area (Å²) in [5.74, 6) is -0.846. The second-order valence-corrected chi connectivity index (χ2v) is 7.73. The van der Waals surface area contributed by atoms with Gasteiger partial charge in [0.15, 0.2) is 0 Å². The van der Waals surface area contributed by atoms with Gasteiger partial charge in [0, 0.05) is 17.1 Å². The number of aromatic nitrogens is 4. The highest BCUT2D eigenvalue weighted by atomic mass is 32.2. The molecule has 156 valence electrons. The second kappa shape index (κ2) is 8.58. The Morgan fingerprint density at radius 2 is 1.97 bits per heavy atom. The number of nitrogens with zero attached hydrogens (tertiary/aromatic N) is 3. The minimum absolute atomic E-state index is 0.106. The minimum atomic E-state index is -1.06. The van der Waals surface area contributed by atoms with Gasteiger partial charge in [0.25, 0.3) is 0 Å². The Morgan fingerprint density at radius 3 is 2.57 bits per heavy atom. The van der Waals surface area contributed by atoms with Crippen LogP contribution in [0.15, 0.2) is 34.3 Å². The zero-order chi connectivity index (χ0) is 22.0. The van der Waals surface area contributed by atoms with Gasteiger partial charge in [-0.25, -0.2) is 14.6 Å². The van der Waals surface area contributed by atoms with Crippen molar-refractivity contribution in [3.05, 3.63) is 63.1 Å². The van der Waals surface area contributed by atoms with Gasteiger partial charge in [0.05, 0.1) is 12.7 Å². The number of aliphatic carboxylic acids is 1. The number of aromatic amines is 1. The number of ether oxygens (including phenoxy) is 1. The molecule has 0 radical (unpaired) electrons. The number of carboxylic acids is 1. The summed E-state index contributed by atoms with van der Waals surface area (Å²) >= 11 is 0.982. The van der Waals surface area contributed by atoms with Crippen molar-refractivity contribution in [1.29, 1.82) is 0 Å². The minimum Gasteiger partial charge on any atom is -0.477 e. The predicted octanol–water partition coefficient (Wildman–Crippen LogP) is 3.83. The fourth-order valence-corrected chi connectivity index (χ4v) is 3.99. The van der Waals surface area contributed by atoms with Crippen LogP contribution in [-0.4, -0.2) is 43.9 Å². The Bertz CT molecular complexity index is 1160. The SMILES string of the molecule is COC(=O)c1cccc(-n2c(C)cc(/C=C(/Sc3n[nH]c(C)n3)C(=O)O)c2C)c1C. The van der Waals surface area contributed by atoms with Crippen LogP contribution in [0.3, 0.4) is 0 Å². The van der Waals surface area contributed by atoms with Crippen molar-refractivity contribution in [3.8, 4) is 5.69 Å². The van der Waals surface area contributed by atoms with Crippen molar-refractivity contribution in [2.45, 2.75) is 32.9 Å². The maximum Gasteiger partial charge on any atom is 0.342 e. The molecule has 2 heterocycles. The molecule has 2 aromatic heterocycles. The van der Waals surface area contributed by atoms with Crippen molar-refractivity contribution >= 4 is 29.8 Å². The predicted molar refractivity (Wildman–Crippen MR) is 114 cm³/mol. The number of aryl methyl sites for hydroxylation is 2. The van der Waals surface area contributed by atoms with Gasteiger partial charge in [-0.1, -0.05) is 6.07 Å². The Kier molecular flexibility index (Phi) is 6.12. The average Bonchev–Trinajstić information content (AvgIpc) is 3.23. The summed E-state index contributed by atoms with van der Waals surface area (Å²) in [6, 6.07) is 7.34. The normalized spacial score (nSPS) is 11.6. The van der Waals surface area contributed by atoms with Crippen molar-refractivity contribution < 1.29 is 19.4 Å². The number of carbonyl (C=O) groups excluding carboxylic acids is 1. The summed E-state index contributed by atoms with van der Waals surface area (Å²) in [5.41, 5.74) is 4.62.